The molecule has 4 aromatic rings. The van der Waals surface area contributed by atoms with E-state index in [1.165, 1.54) is 5.56 Å². The van der Waals surface area contributed by atoms with E-state index < -0.39 is 0 Å². The van der Waals surface area contributed by atoms with Gasteiger partial charge in [0.2, 0.25) is 12.3 Å². The maximum atomic E-state index is 12.5. The summed E-state index contributed by atoms with van der Waals surface area (Å²) in [5, 5.41) is 1.69. The van der Waals surface area contributed by atoms with Gasteiger partial charge in [-0.25, -0.2) is 0 Å². The van der Waals surface area contributed by atoms with E-state index in [9.17, 15) is 4.79 Å². The van der Waals surface area contributed by atoms with E-state index in [0.717, 1.165) is 17.4 Å². The minimum atomic E-state index is 0.0422. The number of ketones is 1. The SMILES string of the molecule is O=C(C[n+]1ccc2c(ccn2Cc2ccccc2)c1)c1cccc(Cl)c1. The van der Waals surface area contributed by atoms with Gasteiger partial charge < -0.3 is 4.57 Å². The molecule has 0 bridgehead atoms. The predicted molar refractivity (Wildman–Crippen MR) is 103 cm³/mol. The van der Waals surface area contributed by atoms with Gasteiger partial charge in [0, 0.05) is 29.4 Å². The Labute approximate surface area is 157 Å². The average Bonchev–Trinajstić information content (AvgIpc) is 3.04. The lowest BCUT2D eigenvalue weighted by Crippen LogP contribution is -2.37. The lowest BCUT2D eigenvalue weighted by molar-refractivity contribution is -0.681. The van der Waals surface area contributed by atoms with E-state index >= 15 is 0 Å². The first-order chi connectivity index (χ1) is 12.7. The van der Waals surface area contributed by atoms with Gasteiger partial charge in [0.05, 0.1) is 10.9 Å². The molecule has 0 radical (unpaired) electrons. The minimum absolute atomic E-state index is 0.0422. The molecule has 2 aromatic heterocycles. The fourth-order valence-electron chi connectivity index (χ4n) is 3.13. The summed E-state index contributed by atoms with van der Waals surface area (Å²) >= 11 is 5.98. The lowest BCUT2D eigenvalue weighted by atomic mass is 10.1. The van der Waals surface area contributed by atoms with Crippen LogP contribution in [0.4, 0.5) is 0 Å². The monoisotopic (exact) mass is 361 g/mol. The highest BCUT2D eigenvalue weighted by Crippen LogP contribution is 2.16. The zero-order valence-corrected chi connectivity index (χ0v) is 14.9. The quantitative estimate of drug-likeness (QED) is 0.379. The molecule has 0 saturated carbocycles. The molecular weight excluding hydrogens is 344 g/mol. The summed E-state index contributed by atoms with van der Waals surface area (Å²) in [4.78, 5) is 12.5. The van der Waals surface area contributed by atoms with Crippen LogP contribution in [0.1, 0.15) is 15.9 Å². The Hall–Kier alpha value is -2.91. The molecule has 0 aliphatic carbocycles. The molecule has 128 valence electrons. The maximum Gasteiger partial charge on any atom is 0.227 e. The molecule has 4 heteroatoms. The third-order valence-corrected chi connectivity index (χ3v) is 4.67. The first kappa shape index (κ1) is 16.6. The number of carbonyl (C=O) groups excluding carboxylic acids is 1. The van der Waals surface area contributed by atoms with Crippen molar-refractivity contribution in [1.29, 1.82) is 0 Å². The van der Waals surface area contributed by atoms with Gasteiger partial charge in [-0.2, -0.15) is 4.57 Å². The van der Waals surface area contributed by atoms with Crippen LogP contribution in [0.3, 0.4) is 0 Å². The van der Waals surface area contributed by atoms with Crippen molar-refractivity contribution in [2.45, 2.75) is 13.1 Å². The fourth-order valence-corrected chi connectivity index (χ4v) is 3.32. The maximum absolute atomic E-state index is 12.5. The van der Waals surface area contributed by atoms with Crippen LogP contribution < -0.4 is 4.57 Å². The number of carbonyl (C=O) groups is 1. The summed E-state index contributed by atoms with van der Waals surface area (Å²) in [6.45, 7) is 1.12. The number of hydrogen-bond acceptors (Lipinski definition) is 1. The fraction of sp³-hybridized carbons (Fsp3) is 0.0909. The topological polar surface area (TPSA) is 25.9 Å². The normalized spacial score (nSPS) is 11.0. The Kier molecular flexibility index (Phi) is 4.55. The van der Waals surface area contributed by atoms with Crippen LogP contribution in [-0.4, -0.2) is 10.4 Å². The molecule has 0 atom stereocenters. The van der Waals surface area contributed by atoms with E-state index in [1.54, 1.807) is 24.3 Å². The predicted octanol–water partition coefficient (Wildman–Crippen LogP) is 4.51. The molecule has 4 rings (SSSR count). The van der Waals surface area contributed by atoms with Crippen molar-refractivity contribution in [2.75, 3.05) is 0 Å². The molecule has 0 aliphatic heterocycles. The third-order valence-electron chi connectivity index (χ3n) is 4.44. The molecule has 0 aliphatic rings. The Bertz CT molecular complexity index is 1070. The Balaban J connectivity index is 1.56. The second kappa shape index (κ2) is 7.14. The molecule has 26 heavy (non-hydrogen) atoms. The highest BCUT2D eigenvalue weighted by Gasteiger charge is 2.14. The molecule has 0 amide bonds. The summed E-state index contributed by atoms with van der Waals surface area (Å²) in [5.41, 5.74) is 3.05. The average molecular weight is 362 g/mol. The molecular formula is C22H18ClN2O+. The molecule has 0 spiro atoms. The molecule has 0 saturated heterocycles. The summed E-state index contributed by atoms with van der Waals surface area (Å²) < 4.78 is 4.13. The van der Waals surface area contributed by atoms with Crippen LogP contribution in [-0.2, 0) is 13.1 Å². The molecule has 0 unspecified atom stereocenters. The highest BCUT2D eigenvalue weighted by molar-refractivity contribution is 6.30. The second-order valence-electron chi connectivity index (χ2n) is 6.32. The number of rotatable bonds is 5. The summed E-state index contributed by atoms with van der Waals surface area (Å²) in [5.74, 6) is 0.0422. The van der Waals surface area contributed by atoms with E-state index in [2.05, 4.69) is 47.2 Å². The van der Waals surface area contributed by atoms with Crippen molar-refractivity contribution in [3.05, 3.63) is 101 Å². The zero-order chi connectivity index (χ0) is 17.9. The van der Waals surface area contributed by atoms with E-state index in [1.807, 2.05) is 23.0 Å². The van der Waals surface area contributed by atoms with Crippen molar-refractivity contribution in [2.24, 2.45) is 0 Å². The lowest BCUT2D eigenvalue weighted by Gasteiger charge is -2.05. The highest BCUT2D eigenvalue weighted by atomic mass is 35.5. The Morgan fingerprint density at radius 1 is 1.00 bits per heavy atom. The van der Waals surface area contributed by atoms with Crippen molar-refractivity contribution in [3.8, 4) is 0 Å². The first-order valence-electron chi connectivity index (χ1n) is 8.50. The van der Waals surface area contributed by atoms with E-state index in [4.69, 9.17) is 11.6 Å². The van der Waals surface area contributed by atoms with Crippen molar-refractivity contribution >= 4 is 28.3 Å². The van der Waals surface area contributed by atoms with Gasteiger partial charge in [0.25, 0.3) is 0 Å². The van der Waals surface area contributed by atoms with Crippen LogP contribution in [0.15, 0.2) is 85.3 Å². The largest absolute Gasteiger partial charge is 0.343 e. The number of Topliss-reactive ketones (excluding diaryl/α,β-unsaturated/α-hetero) is 1. The van der Waals surface area contributed by atoms with Gasteiger partial charge in [0.1, 0.15) is 0 Å². The molecule has 2 aromatic carbocycles. The number of pyridine rings is 1. The molecule has 0 N–H and O–H groups in total. The van der Waals surface area contributed by atoms with Gasteiger partial charge in [-0.1, -0.05) is 54.1 Å². The number of hydrogen-bond donors (Lipinski definition) is 0. The molecule has 0 fully saturated rings. The van der Waals surface area contributed by atoms with E-state index in [-0.39, 0.29) is 5.78 Å². The van der Waals surface area contributed by atoms with Gasteiger partial charge >= 0.3 is 0 Å². The van der Waals surface area contributed by atoms with Crippen LogP contribution in [0.25, 0.3) is 10.9 Å². The number of fused-ring (bicyclic) bond motifs is 1. The first-order valence-corrected chi connectivity index (χ1v) is 8.87. The van der Waals surface area contributed by atoms with Gasteiger partial charge in [-0.05, 0) is 23.8 Å². The van der Waals surface area contributed by atoms with Gasteiger partial charge in [-0.3, -0.25) is 4.79 Å². The smallest absolute Gasteiger partial charge is 0.227 e. The molecule has 3 nitrogen and oxygen atoms in total. The summed E-state index contributed by atoms with van der Waals surface area (Å²) in [6, 6.07) is 21.6. The van der Waals surface area contributed by atoms with Crippen molar-refractivity contribution in [1.82, 2.24) is 4.57 Å². The summed E-state index contributed by atoms with van der Waals surface area (Å²) in [6.07, 6.45) is 6.05. The zero-order valence-electron chi connectivity index (χ0n) is 14.2. The number of benzene rings is 2. The van der Waals surface area contributed by atoms with Crippen LogP contribution in [0.2, 0.25) is 5.02 Å². The summed E-state index contributed by atoms with van der Waals surface area (Å²) in [7, 11) is 0. The van der Waals surface area contributed by atoms with Crippen LogP contribution in [0, 0.1) is 0 Å². The van der Waals surface area contributed by atoms with Crippen LogP contribution in [0.5, 0.6) is 0 Å². The van der Waals surface area contributed by atoms with E-state index in [0.29, 0.717) is 17.1 Å². The standard InChI is InChI=1S/C22H18ClN2O/c23-20-8-4-7-18(13-20)22(26)16-24-11-10-21-19(15-24)9-12-25(21)14-17-5-2-1-3-6-17/h1-13,15H,14,16H2/q+1. The van der Waals surface area contributed by atoms with Gasteiger partial charge in [-0.15, -0.1) is 0 Å². The molecule has 2 heterocycles. The minimum Gasteiger partial charge on any atom is -0.343 e. The third kappa shape index (κ3) is 3.53. The Morgan fingerprint density at radius 3 is 2.65 bits per heavy atom. The van der Waals surface area contributed by atoms with Crippen molar-refractivity contribution in [3.63, 3.8) is 0 Å². The number of halogens is 1. The second-order valence-corrected chi connectivity index (χ2v) is 6.76. The number of nitrogens with zero attached hydrogens (tertiary/aromatic N) is 2. The Morgan fingerprint density at radius 2 is 1.85 bits per heavy atom. The van der Waals surface area contributed by atoms with Crippen molar-refractivity contribution < 1.29 is 9.36 Å². The van der Waals surface area contributed by atoms with Crippen LogP contribution >= 0.6 is 11.6 Å². The van der Waals surface area contributed by atoms with Gasteiger partial charge in [0.15, 0.2) is 12.4 Å². The number of aromatic nitrogens is 2.